The van der Waals surface area contributed by atoms with Crippen LogP contribution < -0.4 is 10.2 Å². The minimum absolute atomic E-state index is 0.0480. The number of sulfone groups is 1. The van der Waals surface area contributed by atoms with Gasteiger partial charge in [-0.15, -0.1) is 0 Å². The molecule has 1 aliphatic carbocycles. The molecule has 2 aromatic rings. The van der Waals surface area contributed by atoms with Crippen LogP contribution in [0.4, 0.5) is 11.8 Å². The maximum absolute atomic E-state index is 12.9. The van der Waals surface area contributed by atoms with E-state index in [2.05, 4.69) is 25.2 Å². The van der Waals surface area contributed by atoms with Crippen molar-refractivity contribution in [3.8, 4) is 0 Å². The number of aliphatic hydroxyl groups is 1. The van der Waals surface area contributed by atoms with Gasteiger partial charge in [0, 0.05) is 31.4 Å². The molecule has 32 heavy (non-hydrogen) atoms. The predicted molar refractivity (Wildman–Crippen MR) is 121 cm³/mol. The summed E-state index contributed by atoms with van der Waals surface area (Å²) in [5.74, 6) is 2.04. The summed E-state index contributed by atoms with van der Waals surface area (Å²) in [6.07, 6.45) is 8.71. The van der Waals surface area contributed by atoms with E-state index in [4.69, 9.17) is 16.6 Å². The maximum atomic E-state index is 12.9. The lowest BCUT2D eigenvalue weighted by Crippen LogP contribution is -2.49. The largest absolute Gasteiger partial charge is 0.394 e. The highest BCUT2D eigenvalue weighted by Gasteiger charge is 2.40. The summed E-state index contributed by atoms with van der Waals surface area (Å²) in [5.41, 5.74) is 0.0879. The van der Waals surface area contributed by atoms with Gasteiger partial charge in [0.15, 0.2) is 15.7 Å². The molecule has 0 spiro atoms. The molecule has 0 unspecified atom stereocenters. The fourth-order valence-corrected chi connectivity index (χ4v) is 6.51. The zero-order valence-electron chi connectivity index (χ0n) is 17.8. The van der Waals surface area contributed by atoms with Gasteiger partial charge in [0.2, 0.25) is 5.95 Å². The Morgan fingerprint density at radius 3 is 2.50 bits per heavy atom. The standard InChI is InChI=1S/C21H27ClN6O3S/c22-15-11-23-18(24-12-15)14-4-8-28(9-5-14)20-25-16-3-1-10-32(30,31)17(16)19(26-20)27-21(13-29)6-2-7-21/h11-12,14,29H,1-10,13H2,(H,25,26,27). The Kier molecular flexibility index (Phi) is 5.71. The molecule has 5 rings (SSSR count). The van der Waals surface area contributed by atoms with Gasteiger partial charge in [-0.05, 0) is 44.9 Å². The van der Waals surface area contributed by atoms with Gasteiger partial charge in [-0.3, -0.25) is 0 Å². The van der Waals surface area contributed by atoms with Crippen molar-refractivity contribution in [2.75, 3.05) is 35.7 Å². The third kappa shape index (κ3) is 4.04. The van der Waals surface area contributed by atoms with Crippen LogP contribution in [0.5, 0.6) is 0 Å². The predicted octanol–water partition coefficient (Wildman–Crippen LogP) is 2.35. The first kappa shape index (κ1) is 21.8. The second-order valence-electron chi connectivity index (χ2n) is 9.01. The summed E-state index contributed by atoms with van der Waals surface area (Å²) < 4.78 is 25.7. The zero-order valence-corrected chi connectivity index (χ0v) is 19.4. The van der Waals surface area contributed by atoms with Crippen LogP contribution in [0.2, 0.25) is 5.02 Å². The monoisotopic (exact) mass is 478 g/mol. The number of hydrogen-bond donors (Lipinski definition) is 2. The van der Waals surface area contributed by atoms with Crippen molar-refractivity contribution in [1.82, 2.24) is 19.9 Å². The SMILES string of the molecule is O=S1(=O)CCCc2nc(N3CCC(c4ncc(Cl)cn4)CC3)nc(NC3(CO)CCC3)c21. The molecule has 9 nitrogen and oxygen atoms in total. The Hall–Kier alpha value is -2.04. The normalized spacial score (nSPS) is 22.1. The van der Waals surface area contributed by atoms with E-state index in [1.54, 1.807) is 12.4 Å². The summed E-state index contributed by atoms with van der Waals surface area (Å²) in [4.78, 5) is 20.4. The topological polar surface area (TPSA) is 121 Å². The van der Waals surface area contributed by atoms with Crippen LogP contribution in [0.3, 0.4) is 0 Å². The zero-order chi connectivity index (χ0) is 22.3. The number of aromatic nitrogens is 4. The smallest absolute Gasteiger partial charge is 0.227 e. The van der Waals surface area contributed by atoms with Crippen LogP contribution in [-0.4, -0.2) is 64.4 Å². The molecule has 0 amide bonds. The highest BCUT2D eigenvalue weighted by molar-refractivity contribution is 7.91. The molecule has 0 bridgehead atoms. The Labute approximate surface area is 192 Å². The van der Waals surface area contributed by atoms with Gasteiger partial charge in [0.1, 0.15) is 10.7 Å². The van der Waals surface area contributed by atoms with Crippen molar-refractivity contribution in [3.05, 3.63) is 28.9 Å². The second-order valence-corrected chi connectivity index (χ2v) is 11.5. The molecule has 0 atom stereocenters. The number of nitrogens with zero attached hydrogens (tertiary/aromatic N) is 5. The quantitative estimate of drug-likeness (QED) is 0.666. The minimum atomic E-state index is -3.45. The Balaban J connectivity index is 1.42. The minimum Gasteiger partial charge on any atom is -0.394 e. The van der Waals surface area contributed by atoms with Crippen LogP contribution in [0.25, 0.3) is 0 Å². The molecule has 0 aromatic carbocycles. The first-order valence-electron chi connectivity index (χ1n) is 11.1. The molecule has 2 N–H and O–H groups in total. The van der Waals surface area contributed by atoms with Crippen molar-refractivity contribution < 1.29 is 13.5 Å². The van der Waals surface area contributed by atoms with Crippen molar-refractivity contribution >= 4 is 33.2 Å². The summed E-state index contributed by atoms with van der Waals surface area (Å²) in [6, 6.07) is 0. The van der Waals surface area contributed by atoms with Gasteiger partial charge in [-0.25, -0.2) is 23.4 Å². The van der Waals surface area contributed by atoms with E-state index in [0.717, 1.165) is 51.0 Å². The van der Waals surface area contributed by atoms with Crippen LogP contribution in [0.1, 0.15) is 56.0 Å². The van der Waals surface area contributed by atoms with Crippen LogP contribution >= 0.6 is 11.6 Å². The highest BCUT2D eigenvalue weighted by Crippen LogP contribution is 2.39. The molecule has 3 aliphatic rings. The molecule has 2 aliphatic heterocycles. The highest BCUT2D eigenvalue weighted by atomic mass is 35.5. The lowest BCUT2D eigenvalue weighted by Gasteiger charge is -2.42. The first-order chi connectivity index (χ1) is 15.4. The summed E-state index contributed by atoms with van der Waals surface area (Å²) >= 11 is 5.90. The number of piperidine rings is 1. The molecular formula is C21H27ClN6O3S. The average molecular weight is 479 g/mol. The van der Waals surface area contributed by atoms with Crippen LogP contribution in [0.15, 0.2) is 17.3 Å². The third-order valence-electron chi connectivity index (χ3n) is 6.84. The van der Waals surface area contributed by atoms with Crippen molar-refractivity contribution in [2.45, 2.75) is 61.3 Å². The summed E-state index contributed by atoms with van der Waals surface area (Å²) in [7, 11) is -3.45. The summed E-state index contributed by atoms with van der Waals surface area (Å²) in [6.45, 7) is 1.41. The molecule has 2 aromatic heterocycles. The van der Waals surface area contributed by atoms with Gasteiger partial charge in [-0.1, -0.05) is 11.6 Å². The van der Waals surface area contributed by atoms with Crippen molar-refractivity contribution in [1.29, 1.82) is 0 Å². The molecule has 4 heterocycles. The molecule has 11 heteroatoms. The number of aryl methyl sites for hydroxylation is 1. The number of aliphatic hydroxyl groups excluding tert-OH is 1. The Morgan fingerprint density at radius 2 is 1.88 bits per heavy atom. The summed E-state index contributed by atoms with van der Waals surface area (Å²) in [5, 5.41) is 13.7. The van der Waals surface area contributed by atoms with Gasteiger partial charge < -0.3 is 15.3 Å². The number of anilines is 2. The number of hydrogen-bond acceptors (Lipinski definition) is 9. The number of rotatable bonds is 5. The van der Waals surface area contributed by atoms with Crippen molar-refractivity contribution in [3.63, 3.8) is 0 Å². The van der Waals surface area contributed by atoms with Gasteiger partial charge in [0.05, 0.1) is 28.6 Å². The number of fused-ring (bicyclic) bond motifs is 1. The first-order valence-corrected chi connectivity index (χ1v) is 13.2. The number of nitrogens with one attached hydrogen (secondary N) is 1. The number of halogens is 1. The molecule has 1 saturated carbocycles. The van der Waals surface area contributed by atoms with E-state index in [9.17, 15) is 13.5 Å². The Morgan fingerprint density at radius 1 is 1.16 bits per heavy atom. The second kappa shape index (κ2) is 8.39. The van der Waals surface area contributed by atoms with E-state index in [1.807, 2.05) is 0 Å². The van der Waals surface area contributed by atoms with E-state index in [1.165, 1.54) is 0 Å². The average Bonchev–Trinajstić information content (AvgIpc) is 2.76. The van der Waals surface area contributed by atoms with Gasteiger partial charge in [-0.2, -0.15) is 4.98 Å². The lowest BCUT2D eigenvalue weighted by atomic mass is 9.77. The molecule has 2 fully saturated rings. The molecule has 0 radical (unpaired) electrons. The molecular weight excluding hydrogens is 452 g/mol. The van der Waals surface area contributed by atoms with Gasteiger partial charge >= 0.3 is 0 Å². The van der Waals surface area contributed by atoms with Gasteiger partial charge in [0.25, 0.3) is 0 Å². The lowest BCUT2D eigenvalue weighted by molar-refractivity contribution is 0.143. The maximum Gasteiger partial charge on any atom is 0.227 e. The third-order valence-corrected chi connectivity index (χ3v) is 8.91. The van der Waals surface area contributed by atoms with E-state index < -0.39 is 15.4 Å². The van der Waals surface area contributed by atoms with Crippen molar-refractivity contribution in [2.24, 2.45) is 0 Å². The fraction of sp³-hybridized carbons (Fsp3) is 0.619. The van der Waals surface area contributed by atoms with E-state index >= 15 is 0 Å². The molecule has 172 valence electrons. The fourth-order valence-electron chi connectivity index (χ4n) is 4.79. The molecule has 1 saturated heterocycles. The van der Waals surface area contributed by atoms with Crippen LogP contribution in [0, 0.1) is 0 Å². The Bertz CT molecular complexity index is 1090. The van der Waals surface area contributed by atoms with E-state index in [0.29, 0.717) is 35.3 Å². The van der Waals surface area contributed by atoms with E-state index in [-0.39, 0.29) is 23.2 Å². The van der Waals surface area contributed by atoms with Crippen LogP contribution in [-0.2, 0) is 16.3 Å².